The summed E-state index contributed by atoms with van der Waals surface area (Å²) in [6.07, 6.45) is 0.457. The fourth-order valence-electron chi connectivity index (χ4n) is 1.99. The Morgan fingerprint density at radius 1 is 1.05 bits per heavy atom. The van der Waals surface area contributed by atoms with Crippen LogP contribution < -0.4 is 5.73 Å². The standard InChI is InChI=1S/C19H19NO2/c1-14-3-5-15(6-4-14)7-8-16-9-11-17(12-10-16)13-18(20)19(21)22-2/h3-6,9-12,18H,13,20H2,1-2H3/t18-/m0/s1. The van der Waals surface area contributed by atoms with E-state index in [1.54, 1.807) is 0 Å². The molecule has 0 fully saturated rings. The number of aryl methyl sites for hydroxylation is 1. The van der Waals surface area contributed by atoms with Gasteiger partial charge in [-0.15, -0.1) is 0 Å². The number of benzene rings is 2. The van der Waals surface area contributed by atoms with Crippen molar-refractivity contribution in [2.75, 3.05) is 7.11 Å². The van der Waals surface area contributed by atoms with Gasteiger partial charge in [0, 0.05) is 11.1 Å². The van der Waals surface area contributed by atoms with Crippen LogP contribution in [0.1, 0.15) is 22.3 Å². The SMILES string of the molecule is COC(=O)[C@@H](N)Cc1ccc(C#Cc2ccc(C)cc2)cc1. The number of hydrogen-bond donors (Lipinski definition) is 1. The molecule has 0 spiro atoms. The summed E-state index contributed by atoms with van der Waals surface area (Å²) in [5.74, 6) is 5.85. The normalized spacial score (nSPS) is 11.2. The van der Waals surface area contributed by atoms with E-state index in [9.17, 15) is 4.79 Å². The Morgan fingerprint density at radius 3 is 2.05 bits per heavy atom. The number of nitrogens with two attached hydrogens (primary N) is 1. The van der Waals surface area contributed by atoms with E-state index >= 15 is 0 Å². The van der Waals surface area contributed by atoms with E-state index < -0.39 is 12.0 Å². The average Bonchev–Trinajstić information content (AvgIpc) is 2.55. The second-order valence-corrected chi connectivity index (χ2v) is 5.15. The summed E-state index contributed by atoms with van der Waals surface area (Å²) in [7, 11) is 1.34. The zero-order chi connectivity index (χ0) is 15.9. The highest BCUT2D eigenvalue weighted by Gasteiger charge is 2.13. The van der Waals surface area contributed by atoms with Gasteiger partial charge in [-0.3, -0.25) is 4.79 Å². The Hall–Kier alpha value is -2.57. The van der Waals surface area contributed by atoms with Gasteiger partial charge >= 0.3 is 5.97 Å². The molecule has 112 valence electrons. The van der Waals surface area contributed by atoms with Crippen LogP contribution in [-0.2, 0) is 16.0 Å². The lowest BCUT2D eigenvalue weighted by Crippen LogP contribution is -2.33. The van der Waals surface area contributed by atoms with Crippen LogP contribution in [0.2, 0.25) is 0 Å². The lowest BCUT2D eigenvalue weighted by molar-refractivity contribution is -0.142. The maximum Gasteiger partial charge on any atom is 0.322 e. The van der Waals surface area contributed by atoms with E-state index in [4.69, 9.17) is 5.73 Å². The van der Waals surface area contributed by atoms with Crippen molar-refractivity contribution in [1.29, 1.82) is 0 Å². The van der Waals surface area contributed by atoms with Gasteiger partial charge in [-0.2, -0.15) is 0 Å². The molecular weight excluding hydrogens is 274 g/mol. The van der Waals surface area contributed by atoms with Crippen molar-refractivity contribution in [3.63, 3.8) is 0 Å². The number of esters is 1. The predicted octanol–water partition coefficient (Wildman–Crippen LogP) is 2.44. The van der Waals surface area contributed by atoms with Gasteiger partial charge in [-0.1, -0.05) is 41.7 Å². The minimum absolute atomic E-state index is 0.400. The summed E-state index contributed by atoms with van der Waals surface area (Å²) in [6, 6.07) is 15.2. The summed E-state index contributed by atoms with van der Waals surface area (Å²) < 4.78 is 4.62. The van der Waals surface area contributed by atoms with Crippen LogP contribution in [0.3, 0.4) is 0 Å². The molecule has 2 rings (SSSR count). The Labute approximate surface area is 131 Å². The third-order valence-electron chi connectivity index (χ3n) is 3.32. The van der Waals surface area contributed by atoms with Gasteiger partial charge in [-0.05, 0) is 43.2 Å². The highest BCUT2D eigenvalue weighted by Crippen LogP contribution is 2.07. The van der Waals surface area contributed by atoms with Crippen LogP contribution in [0, 0.1) is 18.8 Å². The van der Waals surface area contributed by atoms with Crippen molar-refractivity contribution in [2.24, 2.45) is 5.73 Å². The van der Waals surface area contributed by atoms with Crippen molar-refractivity contribution in [3.05, 3.63) is 70.8 Å². The maximum atomic E-state index is 11.3. The van der Waals surface area contributed by atoms with Crippen molar-refractivity contribution in [3.8, 4) is 11.8 Å². The van der Waals surface area contributed by atoms with E-state index in [1.165, 1.54) is 12.7 Å². The van der Waals surface area contributed by atoms with E-state index in [0.717, 1.165) is 16.7 Å². The molecule has 1 atom stereocenters. The first-order valence-corrected chi connectivity index (χ1v) is 7.09. The molecule has 0 unspecified atom stereocenters. The van der Waals surface area contributed by atoms with Crippen molar-refractivity contribution >= 4 is 5.97 Å². The third-order valence-corrected chi connectivity index (χ3v) is 3.32. The van der Waals surface area contributed by atoms with Crippen LogP contribution in [0.15, 0.2) is 48.5 Å². The smallest absolute Gasteiger partial charge is 0.322 e. The number of carbonyl (C=O) groups excluding carboxylic acids is 1. The minimum atomic E-state index is -0.630. The number of carbonyl (C=O) groups is 1. The van der Waals surface area contributed by atoms with E-state index in [0.29, 0.717) is 6.42 Å². The number of rotatable bonds is 3. The zero-order valence-electron chi connectivity index (χ0n) is 12.8. The molecule has 0 aliphatic rings. The molecule has 0 saturated heterocycles. The highest BCUT2D eigenvalue weighted by atomic mass is 16.5. The van der Waals surface area contributed by atoms with Gasteiger partial charge in [0.05, 0.1) is 7.11 Å². The molecule has 3 heteroatoms. The lowest BCUT2D eigenvalue weighted by atomic mass is 10.0. The molecular formula is C19H19NO2. The second-order valence-electron chi connectivity index (χ2n) is 5.15. The summed E-state index contributed by atoms with van der Waals surface area (Å²) in [5.41, 5.74) is 9.86. The summed E-state index contributed by atoms with van der Waals surface area (Å²) in [5, 5.41) is 0. The fraction of sp³-hybridized carbons (Fsp3) is 0.211. The Balaban J connectivity index is 2.03. The molecule has 0 aliphatic carbocycles. The molecule has 0 aliphatic heterocycles. The Kier molecular flexibility index (Phi) is 5.35. The van der Waals surface area contributed by atoms with E-state index in [1.807, 2.05) is 48.5 Å². The van der Waals surface area contributed by atoms with Crippen molar-refractivity contribution in [2.45, 2.75) is 19.4 Å². The predicted molar refractivity (Wildman–Crippen MR) is 87.3 cm³/mol. The zero-order valence-corrected chi connectivity index (χ0v) is 12.8. The Bertz CT molecular complexity index is 691. The summed E-state index contributed by atoms with van der Waals surface area (Å²) in [6.45, 7) is 2.05. The second kappa shape index (κ2) is 7.44. The monoisotopic (exact) mass is 293 g/mol. The summed E-state index contributed by atoms with van der Waals surface area (Å²) in [4.78, 5) is 11.3. The van der Waals surface area contributed by atoms with Crippen molar-refractivity contribution < 1.29 is 9.53 Å². The molecule has 0 saturated carbocycles. The van der Waals surface area contributed by atoms with E-state index in [-0.39, 0.29) is 0 Å². The molecule has 2 N–H and O–H groups in total. The van der Waals surface area contributed by atoms with Gasteiger partial charge < -0.3 is 10.5 Å². The molecule has 0 aromatic heterocycles. The van der Waals surface area contributed by atoms with Crippen LogP contribution in [0.4, 0.5) is 0 Å². The van der Waals surface area contributed by atoms with Gasteiger partial charge in [0.15, 0.2) is 0 Å². The minimum Gasteiger partial charge on any atom is -0.468 e. The first kappa shape index (κ1) is 15.8. The van der Waals surface area contributed by atoms with Crippen molar-refractivity contribution in [1.82, 2.24) is 0 Å². The van der Waals surface area contributed by atoms with Crippen LogP contribution in [0.25, 0.3) is 0 Å². The molecule has 0 bridgehead atoms. The quantitative estimate of drug-likeness (QED) is 0.698. The summed E-state index contributed by atoms with van der Waals surface area (Å²) >= 11 is 0. The number of hydrogen-bond acceptors (Lipinski definition) is 3. The Morgan fingerprint density at radius 2 is 1.55 bits per heavy atom. The van der Waals surface area contributed by atoms with Gasteiger partial charge in [0.25, 0.3) is 0 Å². The molecule has 2 aromatic rings. The molecule has 0 radical (unpaired) electrons. The molecule has 22 heavy (non-hydrogen) atoms. The topological polar surface area (TPSA) is 52.3 Å². The largest absolute Gasteiger partial charge is 0.468 e. The van der Waals surface area contributed by atoms with Crippen LogP contribution in [0.5, 0.6) is 0 Å². The molecule has 2 aromatic carbocycles. The molecule has 0 amide bonds. The van der Waals surface area contributed by atoms with Gasteiger partial charge in [0.2, 0.25) is 0 Å². The van der Waals surface area contributed by atoms with Gasteiger partial charge in [0.1, 0.15) is 6.04 Å². The first-order valence-electron chi connectivity index (χ1n) is 7.09. The highest BCUT2D eigenvalue weighted by molar-refractivity contribution is 5.75. The van der Waals surface area contributed by atoms with E-state index in [2.05, 4.69) is 23.5 Å². The fourth-order valence-corrected chi connectivity index (χ4v) is 1.99. The van der Waals surface area contributed by atoms with Crippen LogP contribution >= 0.6 is 0 Å². The van der Waals surface area contributed by atoms with Crippen LogP contribution in [-0.4, -0.2) is 19.1 Å². The molecule has 3 nitrogen and oxygen atoms in total. The number of methoxy groups -OCH3 is 1. The third kappa shape index (κ3) is 4.47. The first-order chi connectivity index (χ1) is 10.6. The molecule has 0 heterocycles. The maximum absolute atomic E-state index is 11.3. The number of ether oxygens (including phenoxy) is 1. The lowest BCUT2D eigenvalue weighted by Gasteiger charge is -2.08. The van der Waals surface area contributed by atoms with Gasteiger partial charge in [-0.25, -0.2) is 0 Å². The average molecular weight is 293 g/mol.